The first-order valence-corrected chi connectivity index (χ1v) is 12.8. The number of piperidine rings is 1. The van der Waals surface area contributed by atoms with Gasteiger partial charge in [-0.3, -0.25) is 4.79 Å². The highest BCUT2D eigenvalue weighted by atomic mass is 32.2. The molecule has 3 rings (SSSR count). The Kier molecular flexibility index (Phi) is 8.89. The lowest BCUT2D eigenvalue weighted by Crippen LogP contribution is -2.35. The van der Waals surface area contributed by atoms with E-state index in [1.165, 1.54) is 28.6 Å². The first-order valence-electron chi connectivity index (χ1n) is 11.3. The molecule has 1 N–H and O–H groups in total. The van der Waals surface area contributed by atoms with Crippen LogP contribution in [0, 0.1) is 0 Å². The van der Waals surface area contributed by atoms with Crippen molar-refractivity contribution in [2.75, 3.05) is 38.2 Å². The van der Waals surface area contributed by atoms with Gasteiger partial charge >= 0.3 is 5.97 Å². The summed E-state index contributed by atoms with van der Waals surface area (Å²) in [6, 6.07) is 10.6. The Morgan fingerprint density at radius 2 is 1.65 bits per heavy atom. The van der Waals surface area contributed by atoms with E-state index in [4.69, 9.17) is 14.2 Å². The van der Waals surface area contributed by atoms with Crippen LogP contribution in [0.2, 0.25) is 0 Å². The van der Waals surface area contributed by atoms with E-state index in [1.807, 2.05) is 13.8 Å². The van der Waals surface area contributed by atoms with Crippen molar-refractivity contribution >= 4 is 27.6 Å². The van der Waals surface area contributed by atoms with Crippen molar-refractivity contribution in [2.45, 2.75) is 38.0 Å². The molecule has 1 heterocycles. The molecule has 0 bridgehead atoms. The van der Waals surface area contributed by atoms with Gasteiger partial charge in [0.1, 0.15) is 0 Å². The number of anilines is 1. The van der Waals surface area contributed by atoms with Gasteiger partial charge in [-0.05, 0) is 57.0 Å². The van der Waals surface area contributed by atoms with Gasteiger partial charge in [-0.15, -0.1) is 0 Å². The Labute approximate surface area is 200 Å². The Balaban J connectivity index is 1.61. The van der Waals surface area contributed by atoms with E-state index in [-0.39, 0.29) is 10.5 Å². The number of nitrogens with one attached hydrogen (secondary N) is 1. The van der Waals surface area contributed by atoms with Crippen LogP contribution < -0.4 is 14.8 Å². The first-order chi connectivity index (χ1) is 16.3. The average Bonchev–Trinajstić information content (AvgIpc) is 2.85. The zero-order valence-electron chi connectivity index (χ0n) is 19.4. The predicted octanol–water partition coefficient (Wildman–Crippen LogP) is 3.45. The van der Waals surface area contributed by atoms with Gasteiger partial charge in [0.15, 0.2) is 18.1 Å². The Morgan fingerprint density at radius 1 is 0.941 bits per heavy atom. The van der Waals surface area contributed by atoms with Crippen LogP contribution in [0.25, 0.3) is 0 Å². The molecule has 1 amide bonds. The standard InChI is InChI=1S/C24H30N2O7S/c1-3-31-21-12-11-19(16-22(21)32-4-2)25-23(27)17-33-24(28)18-9-8-10-20(15-18)34(29,30)26-13-6-5-7-14-26/h8-12,15-16H,3-7,13-14,17H2,1-2H3,(H,25,27). The third kappa shape index (κ3) is 6.48. The Bertz CT molecular complexity index is 1110. The molecule has 0 aromatic heterocycles. The summed E-state index contributed by atoms with van der Waals surface area (Å²) in [5, 5.41) is 2.64. The lowest BCUT2D eigenvalue weighted by molar-refractivity contribution is -0.119. The number of carbonyl (C=O) groups is 2. The smallest absolute Gasteiger partial charge is 0.338 e. The lowest BCUT2D eigenvalue weighted by atomic mass is 10.2. The van der Waals surface area contributed by atoms with Crippen molar-refractivity contribution in [3.63, 3.8) is 0 Å². The normalized spacial score (nSPS) is 14.3. The molecule has 1 saturated heterocycles. The highest BCUT2D eigenvalue weighted by Crippen LogP contribution is 2.30. The van der Waals surface area contributed by atoms with Gasteiger partial charge < -0.3 is 19.5 Å². The minimum Gasteiger partial charge on any atom is -0.490 e. The van der Waals surface area contributed by atoms with Crippen molar-refractivity contribution in [3.05, 3.63) is 48.0 Å². The molecule has 0 aliphatic carbocycles. The predicted molar refractivity (Wildman–Crippen MR) is 127 cm³/mol. The lowest BCUT2D eigenvalue weighted by Gasteiger charge is -2.25. The fourth-order valence-electron chi connectivity index (χ4n) is 3.58. The van der Waals surface area contributed by atoms with E-state index < -0.39 is 28.5 Å². The van der Waals surface area contributed by atoms with Crippen LogP contribution >= 0.6 is 0 Å². The summed E-state index contributed by atoms with van der Waals surface area (Å²) in [5.41, 5.74) is 0.521. The molecule has 0 spiro atoms. The number of esters is 1. The molecule has 2 aromatic rings. The molecule has 1 aliphatic rings. The van der Waals surface area contributed by atoms with Crippen LogP contribution in [-0.2, 0) is 19.6 Å². The fraction of sp³-hybridized carbons (Fsp3) is 0.417. The van der Waals surface area contributed by atoms with Crippen LogP contribution in [0.3, 0.4) is 0 Å². The minimum atomic E-state index is -3.68. The van der Waals surface area contributed by atoms with Crippen LogP contribution in [-0.4, -0.2) is 57.5 Å². The topological polar surface area (TPSA) is 111 Å². The number of hydrogen-bond acceptors (Lipinski definition) is 7. The van der Waals surface area contributed by atoms with Gasteiger partial charge in [0, 0.05) is 24.8 Å². The molecule has 2 aromatic carbocycles. The summed E-state index contributed by atoms with van der Waals surface area (Å²) in [4.78, 5) is 24.8. The minimum absolute atomic E-state index is 0.0335. The maximum atomic E-state index is 12.9. The molecule has 9 nitrogen and oxygen atoms in total. The van der Waals surface area contributed by atoms with E-state index >= 15 is 0 Å². The van der Waals surface area contributed by atoms with Gasteiger partial charge in [-0.1, -0.05) is 12.5 Å². The molecular formula is C24H30N2O7S. The molecule has 0 unspecified atom stereocenters. The quantitative estimate of drug-likeness (QED) is 0.508. The summed E-state index contributed by atoms with van der Waals surface area (Å²) >= 11 is 0. The largest absolute Gasteiger partial charge is 0.490 e. The molecule has 1 aliphatic heterocycles. The van der Waals surface area contributed by atoms with Gasteiger partial charge in [0.05, 0.1) is 23.7 Å². The van der Waals surface area contributed by atoms with E-state index in [0.717, 1.165) is 19.3 Å². The summed E-state index contributed by atoms with van der Waals surface area (Å²) in [7, 11) is -3.68. The summed E-state index contributed by atoms with van der Waals surface area (Å²) in [6.07, 6.45) is 2.64. The second-order valence-electron chi connectivity index (χ2n) is 7.64. The van der Waals surface area contributed by atoms with E-state index in [0.29, 0.717) is 43.5 Å². The monoisotopic (exact) mass is 490 g/mol. The summed E-state index contributed by atoms with van der Waals surface area (Å²) in [6.45, 7) is 5.01. The Hall–Kier alpha value is -3.11. The highest BCUT2D eigenvalue weighted by molar-refractivity contribution is 7.89. The van der Waals surface area contributed by atoms with E-state index in [1.54, 1.807) is 18.2 Å². The van der Waals surface area contributed by atoms with Gasteiger partial charge in [0.25, 0.3) is 5.91 Å². The van der Waals surface area contributed by atoms with Gasteiger partial charge in [-0.25, -0.2) is 13.2 Å². The van der Waals surface area contributed by atoms with Crippen molar-refractivity contribution in [3.8, 4) is 11.5 Å². The van der Waals surface area contributed by atoms with Gasteiger partial charge in [0.2, 0.25) is 10.0 Å². The second kappa shape index (κ2) is 11.8. The molecule has 0 radical (unpaired) electrons. The molecular weight excluding hydrogens is 460 g/mol. The number of sulfonamides is 1. The first kappa shape index (κ1) is 25.5. The van der Waals surface area contributed by atoms with Crippen molar-refractivity contribution in [2.24, 2.45) is 0 Å². The maximum Gasteiger partial charge on any atom is 0.338 e. The van der Waals surface area contributed by atoms with Crippen molar-refractivity contribution in [1.82, 2.24) is 4.31 Å². The second-order valence-corrected chi connectivity index (χ2v) is 9.58. The number of benzene rings is 2. The third-order valence-corrected chi connectivity index (χ3v) is 7.08. The van der Waals surface area contributed by atoms with Crippen LogP contribution in [0.5, 0.6) is 11.5 Å². The number of ether oxygens (including phenoxy) is 3. The summed E-state index contributed by atoms with van der Waals surface area (Å²) < 4.78 is 43.3. The summed E-state index contributed by atoms with van der Waals surface area (Å²) in [5.74, 6) is -0.274. The van der Waals surface area contributed by atoms with E-state index in [2.05, 4.69) is 5.32 Å². The Morgan fingerprint density at radius 3 is 2.35 bits per heavy atom. The number of amides is 1. The maximum absolute atomic E-state index is 12.9. The van der Waals surface area contributed by atoms with Crippen molar-refractivity contribution < 1.29 is 32.2 Å². The number of rotatable bonds is 10. The SMILES string of the molecule is CCOc1ccc(NC(=O)COC(=O)c2cccc(S(=O)(=O)N3CCCCC3)c2)cc1OCC. The highest BCUT2D eigenvalue weighted by Gasteiger charge is 2.26. The fourth-order valence-corrected chi connectivity index (χ4v) is 5.14. The average molecular weight is 491 g/mol. The number of hydrogen-bond donors (Lipinski definition) is 1. The molecule has 0 atom stereocenters. The number of carbonyl (C=O) groups excluding carboxylic acids is 2. The zero-order chi connectivity index (χ0) is 24.6. The zero-order valence-corrected chi connectivity index (χ0v) is 20.2. The number of nitrogens with zero attached hydrogens (tertiary/aromatic N) is 1. The molecule has 0 saturated carbocycles. The van der Waals surface area contributed by atoms with Crippen molar-refractivity contribution in [1.29, 1.82) is 0 Å². The molecule has 34 heavy (non-hydrogen) atoms. The van der Waals surface area contributed by atoms with E-state index in [9.17, 15) is 18.0 Å². The third-order valence-electron chi connectivity index (χ3n) is 5.18. The molecule has 184 valence electrons. The molecule has 1 fully saturated rings. The molecule has 10 heteroatoms. The van der Waals surface area contributed by atoms with Crippen LogP contribution in [0.4, 0.5) is 5.69 Å². The van der Waals surface area contributed by atoms with Crippen LogP contribution in [0.15, 0.2) is 47.4 Å². The van der Waals surface area contributed by atoms with Gasteiger partial charge in [-0.2, -0.15) is 4.31 Å². The van der Waals surface area contributed by atoms with Crippen LogP contribution in [0.1, 0.15) is 43.5 Å².